The van der Waals surface area contributed by atoms with Gasteiger partial charge in [0.2, 0.25) is 11.7 Å². The third kappa shape index (κ3) is 4.41. The van der Waals surface area contributed by atoms with Crippen molar-refractivity contribution < 1.29 is 14.2 Å². The fourth-order valence-electron chi connectivity index (χ4n) is 2.94. The highest BCUT2D eigenvalue weighted by Crippen LogP contribution is 2.25. The van der Waals surface area contributed by atoms with E-state index in [0.717, 1.165) is 5.56 Å². The quantitative estimate of drug-likeness (QED) is 0.350. The molecule has 0 saturated carbocycles. The molecule has 0 aliphatic rings. The van der Waals surface area contributed by atoms with Gasteiger partial charge in [-0.1, -0.05) is 53.7 Å². The number of hydrogen-bond donors (Lipinski definition) is 1. The van der Waals surface area contributed by atoms with E-state index in [0.29, 0.717) is 16.9 Å². The van der Waals surface area contributed by atoms with E-state index < -0.39 is 11.0 Å². The minimum atomic E-state index is -0.554. The maximum absolute atomic E-state index is 12.6. The smallest absolute Gasteiger partial charge is 0.270 e. The molecular formula is C21H16N4O4S. The number of amides is 1. The van der Waals surface area contributed by atoms with Gasteiger partial charge in [-0.3, -0.25) is 14.9 Å². The largest absolute Gasteiger partial charge is 0.339 e. The molecule has 0 radical (unpaired) electrons. The van der Waals surface area contributed by atoms with Crippen LogP contribution in [0.1, 0.15) is 27.2 Å². The van der Waals surface area contributed by atoms with Gasteiger partial charge in [-0.05, 0) is 17.0 Å². The molecular weight excluding hydrogens is 404 g/mol. The first-order valence-electron chi connectivity index (χ1n) is 9.07. The number of aromatic nitrogens is 2. The minimum Gasteiger partial charge on any atom is -0.339 e. The van der Waals surface area contributed by atoms with E-state index in [-0.39, 0.29) is 23.3 Å². The van der Waals surface area contributed by atoms with Crippen molar-refractivity contribution in [2.75, 3.05) is 0 Å². The Hall–Kier alpha value is -3.85. The fraction of sp³-hybridized carbons (Fsp3) is 0.0952. The van der Waals surface area contributed by atoms with E-state index in [1.165, 1.54) is 23.5 Å². The first-order valence-corrected chi connectivity index (χ1v) is 9.95. The number of thiophene rings is 1. The molecule has 2 aromatic heterocycles. The summed E-state index contributed by atoms with van der Waals surface area (Å²) in [5, 5.41) is 19.8. The van der Waals surface area contributed by atoms with E-state index in [9.17, 15) is 14.9 Å². The molecule has 2 aromatic carbocycles. The summed E-state index contributed by atoms with van der Waals surface area (Å²) in [4.78, 5) is 28.1. The average molecular weight is 420 g/mol. The maximum Gasteiger partial charge on any atom is 0.270 e. The van der Waals surface area contributed by atoms with Crippen molar-refractivity contribution in [3.05, 3.63) is 98.6 Å². The van der Waals surface area contributed by atoms with Gasteiger partial charge in [0.25, 0.3) is 11.6 Å². The van der Waals surface area contributed by atoms with E-state index in [1.54, 1.807) is 24.3 Å². The lowest BCUT2D eigenvalue weighted by molar-refractivity contribution is -0.384. The SMILES string of the molecule is O=C(N[C@H](Cc1ccccc1)c1nc(-c2cccc([N+](=O)[O-])c2)no1)c1cccs1. The van der Waals surface area contributed by atoms with Crippen LogP contribution in [0.15, 0.2) is 76.6 Å². The number of nitrogens with one attached hydrogen (secondary N) is 1. The third-order valence-electron chi connectivity index (χ3n) is 4.39. The van der Waals surface area contributed by atoms with Gasteiger partial charge in [0.15, 0.2) is 0 Å². The lowest BCUT2D eigenvalue weighted by Crippen LogP contribution is -2.29. The summed E-state index contributed by atoms with van der Waals surface area (Å²) in [7, 11) is 0. The molecule has 1 N–H and O–H groups in total. The zero-order chi connectivity index (χ0) is 20.9. The van der Waals surface area contributed by atoms with Crippen LogP contribution in [-0.2, 0) is 6.42 Å². The molecule has 0 unspecified atom stereocenters. The summed E-state index contributed by atoms with van der Waals surface area (Å²) in [6, 6.07) is 18.6. The van der Waals surface area contributed by atoms with Crippen LogP contribution in [0.25, 0.3) is 11.4 Å². The lowest BCUT2D eigenvalue weighted by atomic mass is 10.1. The van der Waals surface area contributed by atoms with E-state index in [2.05, 4.69) is 15.5 Å². The predicted octanol–water partition coefficient (Wildman–Crippen LogP) is 4.42. The second-order valence-electron chi connectivity index (χ2n) is 6.46. The van der Waals surface area contributed by atoms with Crippen molar-refractivity contribution in [2.24, 2.45) is 0 Å². The molecule has 0 aliphatic heterocycles. The Bertz CT molecular complexity index is 1160. The average Bonchev–Trinajstić information content (AvgIpc) is 3.46. The number of nitro groups is 1. The number of carbonyl (C=O) groups is 1. The fourth-order valence-corrected chi connectivity index (χ4v) is 3.57. The van der Waals surface area contributed by atoms with Crippen LogP contribution in [0, 0.1) is 10.1 Å². The van der Waals surface area contributed by atoms with Crippen LogP contribution in [0.5, 0.6) is 0 Å². The number of benzene rings is 2. The molecule has 0 saturated heterocycles. The molecule has 150 valence electrons. The number of rotatable bonds is 7. The highest BCUT2D eigenvalue weighted by molar-refractivity contribution is 7.12. The van der Waals surface area contributed by atoms with Gasteiger partial charge in [-0.2, -0.15) is 4.98 Å². The molecule has 4 aromatic rings. The van der Waals surface area contributed by atoms with Crippen LogP contribution in [0.2, 0.25) is 0 Å². The molecule has 1 atom stereocenters. The second kappa shape index (κ2) is 8.66. The molecule has 2 heterocycles. The first kappa shape index (κ1) is 19.5. The standard InChI is InChI=1S/C21H16N4O4S/c26-20(18-10-5-11-30-18)22-17(12-14-6-2-1-3-7-14)21-23-19(24-29-21)15-8-4-9-16(13-15)25(27)28/h1-11,13,17H,12H2,(H,22,26)/t17-/m1/s1. The van der Waals surface area contributed by atoms with Crippen LogP contribution in [-0.4, -0.2) is 21.0 Å². The highest BCUT2D eigenvalue weighted by atomic mass is 32.1. The Morgan fingerprint density at radius 1 is 1.13 bits per heavy atom. The molecule has 0 spiro atoms. The molecule has 4 rings (SSSR count). The van der Waals surface area contributed by atoms with Crippen molar-refractivity contribution in [1.82, 2.24) is 15.5 Å². The topological polar surface area (TPSA) is 111 Å². The Morgan fingerprint density at radius 2 is 1.97 bits per heavy atom. The second-order valence-corrected chi connectivity index (χ2v) is 7.40. The summed E-state index contributed by atoms with van der Waals surface area (Å²) in [5.41, 5.74) is 1.39. The van der Waals surface area contributed by atoms with Crippen molar-refractivity contribution in [1.29, 1.82) is 0 Å². The van der Waals surface area contributed by atoms with Crippen molar-refractivity contribution in [3.8, 4) is 11.4 Å². The minimum absolute atomic E-state index is 0.0642. The third-order valence-corrected chi connectivity index (χ3v) is 5.26. The molecule has 0 aliphatic carbocycles. The van der Waals surface area contributed by atoms with E-state index >= 15 is 0 Å². The van der Waals surface area contributed by atoms with Crippen LogP contribution in [0.4, 0.5) is 5.69 Å². The molecule has 0 bridgehead atoms. The number of non-ortho nitro benzene ring substituents is 1. The van der Waals surface area contributed by atoms with Crippen molar-refractivity contribution in [2.45, 2.75) is 12.5 Å². The number of nitrogens with zero attached hydrogens (tertiary/aromatic N) is 3. The molecule has 0 fully saturated rings. The lowest BCUT2D eigenvalue weighted by Gasteiger charge is -2.14. The van der Waals surface area contributed by atoms with Gasteiger partial charge < -0.3 is 9.84 Å². The Labute approximate surface area is 175 Å². The Kier molecular flexibility index (Phi) is 5.62. The van der Waals surface area contributed by atoms with E-state index in [4.69, 9.17) is 4.52 Å². The van der Waals surface area contributed by atoms with Gasteiger partial charge >= 0.3 is 0 Å². The van der Waals surface area contributed by atoms with Gasteiger partial charge in [0.1, 0.15) is 6.04 Å². The predicted molar refractivity (Wildman–Crippen MR) is 111 cm³/mol. The molecule has 9 heteroatoms. The summed E-state index contributed by atoms with van der Waals surface area (Å²) in [6.07, 6.45) is 0.453. The first-order chi connectivity index (χ1) is 14.6. The van der Waals surface area contributed by atoms with Crippen LogP contribution in [0.3, 0.4) is 0 Å². The summed E-state index contributed by atoms with van der Waals surface area (Å²) < 4.78 is 5.43. The number of carbonyl (C=O) groups excluding carboxylic acids is 1. The number of nitro benzene ring substituents is 1. The monoisotopic (exact) mass is 420 g/mol. The Morgan fingerprint density at radius 3 is 2.70 bits per heavy atom. The summed E-state index contributed by atoms with van der Waals surface area (Å²) >= 11 is 1.34. The van der Waals surface area contributed by atoms with Gasteiger partial charge in [0, 0.05) is 24.1 Å². The van der Waals surface area contributed by atoms with Gasteiger partial charge in [-0.15, -0.1) is 11.3 Å². The molecule has 8 nitrogen and oxygen atoms in total. The highest BCUT2D eigenvalue weighted by Gasteiger charge is 2.23. The van der Waals surface area contributed by atoms with E-state index in [1.807, 2.05) is 35.7 Å². The maximum atomic E-state index is 12.6. The zero-order valence-electron chi connectivity index (χ0n) is 15.6. The van der Waals surface area contributed by atoms with Crippen molar-refractivity contribution >= 4 is 22.9 Å². The molecule has 1 amide bonds. The zero-order valence-corrected chi connectivity index (χ0v) is 16.4. The van der Waals surface area contributed by atoms with Crippen molar-refractivity contribution in [3.63, 3.8) is 0 Å². The van der Waals surface area contributed by atoms with Crippen LogP contribution < -0.4 is 5.32 Å². The molecule has 30 heavy (non-hydrogen) atoms. The summed E-state index contributed by atoms with van der Waals surface area (Å²) in [6.45, 7) is 0. The number of hydrogen-bond acceptors (Lipinski definition) is 7. The van der Waals surface area contributed by atoms with Gasteiger partial charge in [-0.25, -0.2) is 0 Å². The Balaban J connectivity index is 1.62. The summed E-state index contributed by atoms with van der Waals surface area (Å²) in [5.74, 6) is 0.212. The van der Waals surface area contributed by atoms with Crippen LogP contribution >= 0.6 is 11.3 Å². The van der Waals surface area contributed by atoms with Gasteiger partial charge in [0.05, 0.1) is 9.80 Å². The normalized spacial score (nSPS) is 11.7.